The molecule has 0 aliphatic rings. The molecule has 0 fully saturated rings. The third-order valence-electron chi connectivity index (χ3n) is 3.52. The number of benzene rings is 3. The number of halogens is 1. The maximum Gasteiger partial charge on any atom is 0.258 e. The predicted molar refractivity (Wildman–Crippen MR) is 89.7 cm³/mol. The number of carbonyl (C=O) groups excluding carboxylic acids is 1. The van der Waals surface area contributed by atoms with Crippen molar-refractivity contribution in [2.24, 2.45) is 5.14 Å². The first-order valence-electron chi connectivity index (χ1n) is 6.97. The molecule has 3 aromatic rings. The van der Waals surface area contributed by atoms with Crippen molar-refractivity contribution in [1.29, 1.82) is 0 Å². The molecule has 0 spiro atoms. The zero-order valence-electron chi connectivity index (χ0n) is 12.4. The van der Waals surface area contributed by atoms with Gasteiger partial charge < -0.3 is 5.32 Å². The molecule has 0 saturated carbocycles. The number of sulfonamides is 1. The quantitative estimate of drug-likeness (QED) is 0.765. The number of hydrogen-bond acceptors (Lipinski definition) is 3. The summed E-state index contributed by atoms with van der Waals surface area (Å²) in [5, 5.41) is 9.47. The summed E-state index contributed by atoms with van der Waals surface area (Å²) in [6, 6.07) is 15.6. The Morgan fingerprint density at radius 1 is 0.958 bits per heavy atom. The van der Waals surface area contributed by atoms with Gasteiger partial charge in [0, 0.05) is 5.69 Å². The van der Waals surface area contributed by atoms with E-state index in [1.807, 2.05) is 30.3 Å². The van der Waals surface area contributed by atoms with Gasteiger partial charge >= 0.3 is 0 Å². The summed E-state index contributed by atoms with van der Waals surface area (Å²) in [5.74, 6) is -1.59. The van der Waals surface area contributed by atoms with Crippen molar-refractivity contribution in [3.8, 4) is 0 Å². The average molecular weight is 344 g/mol. The number of rotatable bonds is 3. The second-order valence-electron chi connectivity index (χ2n) is 5.20. The molecular weight excluding hydrogens is 331 g/mol. The molecular formula is C17H13FN2O3S. The molecule has 0 aliphatic carbocycles. The monoisotopic (exact) mass is 344 g/mol. The Labute approximate surface area is 138 Å². The van der Waals surface area contributed by atoms with Gasteiger partial charge in [-0.25, -0.2) is 17.9 Å². The molecule has 24 heavy (non-hydrogen) atoms. The van der Waals surface area contributed by atoms with Crippen molar-refractivity contribution < 1.29 is 17.6 Å². The smallest absolute Gasteiger partial charge is 0.258 e. The highest BCUT2D eigenvalue weighted by molar-refractivity contribution is 7.89. The molecule has 0 aromatic heterocycles. The summed E-state index contributed by atoms with van der Waals surface area (Å²) in [7, 11) is -4.02. The highest BCUT2D eigenvalue weighted by Crippen LogP contribution is 2.20. The Morgan fingerprint density at radius 3 is 2.38 bits per heavy atom. The van der Waals surface area contributed by atoms with Gasteiger partial charge in [0.15, 0.2) is 0 Å². The zero-order chi connectivity index (χ0) is 17.3. The lowest BCUT2D eigenvalue weighted by atomic mass is 10.1. The summed E-state index contributed by atoms with van der Waals surface area (Å²) < 4.78 is 36.6. The fourth-order valence-corrected chi connectivity index (χ4v) is 2.86. The van der Waals surface area contributed by atoms with Crippen molar-refractivity contribution in [2.75, 3.05) is 5.32 Å². The second-order valence-corrected chi connectivity index (χ2v) is 6.76. The second kappa shape index (κ2) is 6.03. The number of anilines is 1. The SMILES string of the molecule is NS(=O)(=O)c1ccc(F)c(C(=O)Nc2ccc3ccccc3c2)c1. The third-order valence-corrected chi connectivity index (χ3v) is 4.43. The molecule has 7 heteroatoms. The van der Waals surface area contributed by atoms with E-state index < -0.39 is 27.3 Å². The molecule has 3 N–H and O–H groups in total. The average Bonchev–Trinajstić information content (AvgIpc) is 2.54. The zero-order valence-corrected chi connectivity index (χ0v) is 13.2. The minimum atomic E-state index is -4.02. The van der Waals surface area contributed by atoms with Crippen LogP contribution in [0, 0.1) is 5.82 Å². The minimum Gasteiger partial charge on any atom is -0.322 e. The summed E-state index contributed by atoms with van der Waals surface area (Å²) in [6.07, 6.45) is 0. The van der Waals surface area contributed by atoms with Crippen molar-refractivity contribution in [1.82, 2.24) is 0 Å². The lowest BCUT2D eigenvalue weighted by molar-refractivity contribution is 0.102. The van der Waals surface area contributed by atoms with Gasteiger partial charge in [0.25, 0.3) is 5.91 Å². The third kappa shape index (κ3) is 3.27. The van der Waals surface area contributed by atoms with Crippen LogP contribution in [0.15, 0.2) is 65.6 Å². The van der Waals surface area contributed by atoms with Crippen molar-refractivity contribution >= 4 is 32.4 Å². The Morgan fingerprint density at radius 2 is 1.67 bits per heavy atom. The van der Waals surface area contributed by atoms with Crippen LogP contribution in [0.5, 0.6) is 0 Å². The Hall–Kier alpha value is -2.77. The lowest BCUT2D eigenvalue weighted by Gasteiger charge is -2.08. The highest BCUT2D eigenvalue weighted by Gasteiger charge is 2.17. The number of carbonyl (C=O) groups is 1. The van der Waals surface area contributed by atoms with Gasteiger partial charge in [0.1, 0.15) is 5.82 Å². The molecule has 0 unspecified atom stereocenters. The largest absolute Gasteiger partial charge is 0.322 e. The van der Waals surface area contributed by atoms with Crippen LogP contribution >= 0.6 is 0 Å². The van der Waals surface area contributed by atoms with E-state index in [0.717, 1.165) is 29.0 Å². The summed E-state index contributed by atoms with van der Waals surface area (Å²) in [4.78, 5) is 11.9. The van der Waals surface area contributed by atoms with Gasteiger partial charge in [0.2, 0.25) is 10.0 Å². The Kier molecular flexibility index (Phi) is 4.04. The number of hydrogen-bond donors (Lipinski definition) is 2. The number of nitrogens with one attached hydrogen (secondary N) is 1. The van der Waals surface area contributed by atoms with Crippen LogP contribution < -0.4 is 10.5 Å². The standard InChI is InChI=1S/C17H13FN2O3S/c18-16-8-7-14(24(19,22)23)10-15(16)17(21)20-13-6-5-11-3-1-2-4-12(11)9-13/h1-10H,(H,20,21)(H2,19,22,23). The Balaban J connectivity index is 1.94. The first kappa shape index (κ1) is 16.1. The van der Waals surface area contributed by atoms with E-state index in [-0.39, 0.29) is 4.90 Å². The molecule has 0 heterocycles. The topological polar surface area (TPSA) is 89.3 Å². The van der Waals surface area contributed by atoms with Crippen molar-refractivity contribution in [3.63, 3.8) is 0 Å². The number of primary sulfonamides is 1. The molecule has 3 rings (SSSR count). The summed E-state index contributed by atoms with van der Waals surface area (Å²) >= 11 is 0. The summed E-state index contributed by atoms with van der Waals surface area (Å²) in [6.45, 7) is 0. The van der Waals surface area contributed by atoms with Gasteiger partial charge in [-0.15, -0.1) is 0 Å². The van der Waals surface area contributed by atoms with E-state index in [0.29, 0.717) is 5.69 Å². The number of nitrogens with two attached hydrogens (primary N) is 1. The fraction of sp³-hybridized carbons (Fsp3) is 0. The summed E-state index contributed by atoms with van der Waals surface area (Å²) in [5.41, 5.74) is 0.0776. The first-order valence-corrected chi connectivity index (χ1v) is 8.52. The molecule has 0 atom stereocenters. The normalized spacial score (nSPS) is 11.4. The van der Waals surface area contributed by atoms with E-state index >= 15 is 0 Å². The predicted octanol–water partition coefficient (Wildman–Crippen LogP) is 2.88. The van der Waals surface area contributed by atoms with E-state index in [1.165, 1.54) is 0 Å². The number of fused-ring (bicyclic) bond motifs is 1. The van der Waals surface area contributed by atoms with Crippen LogP contribution in [-0.2, 0) is 10.0 Å². The minimum absolute atomic E-state index is 0.326. The van der Waals surface area contributed by atoms with Gasteiger partial charge in [0.05, 0.1) is 10.5 Å². The van der Waals surface area contributed by atoms with Crippen molar-refractivity contribution in [3.05, 3.63) is 72.0 Å². The lowest BCUT2D eigenvalue weighted by Crippen LogP contribution is -2.17. The van der Waals surface area contributed by atoms with E-state index in [9.17, 15) is 17.6 Å². The van der Waals surface area contributed by atoms with Crippen LogP contribution in [0.4, 0.5) is 10.1 Å². The van der Waals surface area contributed by atoms with Gasteiger partial charge in [-0.1, -0.05) is 30.3 Å². The van der Waals surface area contributed by atoms with Crippen LogP contribution in [0.2, 0.25) is 0 Å². The maximum atomic E-state index is 13.9. The molecule has 0 aliphatic heterocycles. The molecule has 0 radical (unpaired) electrons. The van der Waals surface area contributed by atoms with Crippen molar-refractivity contribution in [2.45, 2.75) is 4.90 Å². The van der Waals surface area contributed by atoms with E-state index in [4.69, 9.17) is 5.14 Å². The Bertz CT molecular complexity index is 1050. The fourth-order valence-electron chi connectivity index (χ4n) is 2.32. The van der Waals surface area contributed by atoms with Crippen LogP contribution in [0.3, 0.4) is 0 Å². The highest BCUT2D eigenvalue weighted by atomic mass is 32.2. The van der Waals surface area contributed by atoms with Crippen LogP contribution in [0.25, 0.3) is 10.8 Å². The molecule has 122 valence electrons. The molecule has 0 bridgehead atoms. The van der Waals surface area contributed by atoms with E-state index in [2.05, 4.69) is 5.32 Å². The van der Waals surface area contributed by atoms with Crippen LogP contribution in [0.1, 0.15) is 10.4 Å². The number of amides is 1. The molecule has 5 nitrogen and oxygen atoms in total. The maximum absolute atomic E-state index is 13.9. The molecule has 0 saturated heterocycles. The van der Waals surface area contributed by atoms with Gasteiger partial charge in [-0.2, -0.15) is 0 Å². The van der Waals surface area contributed by atoms with Crippen LogP contribution in [-0.4, -0.2) is 14.3 Å². The van der Waals surface area contributed by atoms with E-state index in [1.54, 1.807) is 12.1 Å². The first-order chi connectivity index (χ1) is 11.3. The van der Waals surface area contributed by atoms with Gasteiger partial charge in [-0.3, -0.25) is 4.79 Å². The van der Waals surface area contributed by atoms with Gasteiger partial charge in [-0.05, 0) is 41.1 Å². The molecule has 1 amide bonds. The molecule has 3 aromatic carbocycles.